The summed E-state index contributed by atoms with van der Waals surface area (Å²) >= 11 is 5.96. The molecule has 2 aromatic rings. The highest BCUT2D eigenvalue weighted by atomic mass is 35.5. The maximum atomic E-state index is 12.0. The van der Waals surface area contributed by atoms with Crippen LogP contribution in [0.4, 0.5) is 16.2 Å². The molecular weight excluding hydrogens is 300 g/mol. The Labute approximate surface area is 135 Å². The van der Waals surface area contributed by atoms with Gasteiger partial charge in [-0.05, 0) is 68.8 Å². The van der Waals surface area contributed by atoms with Gasteiger partial charge in [0.1, 0.15) is 5.75 Å². The second-order valence-corrected chi connectivity index (χ2v) is 5.64. The minimum Gasteiger partial charge on any atom is -0.491 e. The van der Waals surface area contributed by atoms with Crippen LogP contribution in [0, 0.1) is 6.92 Å². The highest BCUT2D eigenvalue weighted by Crippen LogP contribution is 2.20. The topological polar surface area (TPSA) is 50.4 Å². The van der Waals surface area contributed by atoms with Crippen LogP contribution in [-0.2, 0) is 0 Å². The SMILES string of the molecule is Cc1cc(NC(=O)Nc2ccc(OC(C)C)cc2)ccc1Cl. The number of rotatable bonds is 4. The van der Waals surface area contributed by atoms with Crippen LogP contribution in [0.15, 0.2) is 42.5 Å². The van der Waals surface area contributed by atoms with Crippen LogP contribution in [0.3, 0.4) is 0 Å². The first-order valence-corrected chi connectivity index (χ1v) is 7.42. The average Bonchev–Trinajstić information content (AvgIpc) is 2.44. The van der Waals surface area contributed by atoms with Crippen LogP contribution in [0.1, 0.15) is 19.4 Å². The molecule has 0 fully saturated rings. The summed E-state index contributed by atoms with van der Waals surface area (Å²) in [5.74, 6) is 0.772. The molecular formula is C17H19ClN2O2. The summed E-state index contributed by atoms with van der Waals surface area (Å²) in [5, 5.41) is 6.20. The molecule has 5 heteroatoms. The monoisotopic (exact) mass is 318 g/mol. The van der Waals surface area contributed by atoms with Gasteiger partial charge in [-0.25, -0.2) is 4.79 Å². The number of ether oxygens (including phenoxy) is 1. The molecule has 0 saturated carbocycles. The van der Waals surface area contributed by atoms with Crippen molar-refractivity contribution >= 4 is 29.0 Å². The summed E-state index contributed by atoms with van der Waals surface area (Å²) in [4.78, 5) is 12.0. The number of carbonyl (C=O) groups is 1. The molecule has 0 atom stereocenters. The molecule has 0 unspecified atom stereocenters. The Morgan fingerprint density at radius 1 is 1.05 bits per heavy atom. The smallest absolute Gasteiger partial charge is 0.323 e. The van der Waals surface area contributed by atoms with Crippen LogP contribution >= 0.6 is 11.6 Å². The second-order valence-electron chi connectivity index (χ2n) is 5.23. The third-order valence-electron chi connectivity index (χ3n) is 2.90. The van der Waals surface area contributed by atoms with E-state index in [2.05, 4.69) is 10.6 Å². The molecule has 4 nitrogen and oxygen atoms in total. The zero-order valence-electron chi connectivity index (χ0n) is 12.8. The molecule has 2 amide bonds. The number of aryl methyl sites for hydroxylation is 1. The molecule has 0 aliphatic rings. The van der Waals surface area contributed by atoms with Gasteiger partial charge in [0.25, 0.3) is 0 Å². The van der Waals surface area contributed by atoms with Crippen LogP contribution < -0.4 is 15.4 Å². The predicted molar refractivity (Wildman–Crippen MR) is 91.0 cm³/mol. The quantitative estimate of drug-likeness (QED) is 0.826. The van der Waals surface area contributed by atoms with Crippen molar-refractivity contribution in [3.63, 3.8) is 0 Å². The summed E-state index contributed by atoms with van der Waals surface area (Å²) < 4.78 is 5.55. The summed E-state index contributed by atoms with van der Waals surface area (Å²) in [6.45, 7) is 5.82. The van der Waals surface area contributed by atoms with E-state index in [9.17, 15) is 4.79 Å². The van der Waals surface area contributed by atoms with Gasteiger partial charge in [0.05, 0.1) is 6.10 Å². The van der Waals surface area contributed by atoms with Crippen molar-refractivity contribution in [2.75, 3.05) is 10.6 Å². The third kappa shape index (κ3) is 4.67. The fraction of sp³-hybridized carbons (Fsp3) is 0.235. The zero-order chi connectivity index (χ0) is 16.1. The lowest BCUT2D eigenvalue weighted by Gasteiger charge is -2.11. The molecule has 2 aromatic carbocycles. The van der Waals surface area contributed by atoms with Gasteiger partial charge >= 0.3 is 6.03 Å². The molecule has 0 aliphatic heterocycles. The summed E-state index contributed by atoms with van der Waals surface area (Å²) in [5.41, 5.74) is 2.30. The summed E-state index contributed by atoms with van der Waals surface area (Å²) in [7, 11) is 0. The van der Waals surface area contributed by atoms with E-state index in [1.807, 2.05) is 39.0 Å². The third-order valence-corrected chi connectivity index (χ3v) is 3.32. The first kappa shape index (κ1) is 16.2. The number of hydrogen-bond acceptors (Lipinski definition) is 2. The Morgan fingerprint density at radius 2 is 1.64 bits per heavy atom. The molecule has 0 radical (unpaired) electrons. The van der Waals surface area contributed by atoms with Crippen molar-refractivity contribution < 1.29 is 9.53 Å². The largest absolute Gasteiger partial charge is 0.491 e. The van der Waals surface area contributed by atoms with Gasteiger partial charge in [0.15, 0.2) is 0 Å². The number of anilines is 2. The molecule has 116 valence electrons. The fourth-order valence-corrected chi connectivity index (χ4v) is 2.02. The van der Waals surface area contributed by atoms with Crippen LogP contribution in [-0.4, -0.2) is 12.1 Å². The van der Waals surface area contributed by atoms with Crippen LogP contribution in [0.5, 0.6) is 5.75 Å². The van der Waals surface area contributed by atoms with Crippen molar-refractivity contribution in [3.05, 3.63) is 53.1 Å². The van der Waals surface area contributed by atoms with Gasteiger partial charge in [-0.15, -0.1) is 0 Å². The van der Waals surface area contributed by atoms with E-state index in [1.54, 1.807) is 24.3 Å². The standard InChI is InChI=1S/C17H19ClN2O2/c1-11(2)22-15-7-4-13(5-8-15)19-17(21)20-14-6-9-16(18)12(3)10-14/h4-11H,1-3H3,(H2,19,20,21). The Balaban J connectivity index is 1.95. The van der Waals surface area contributed by atoms with Gasteiger partial charge in [0.2, 0.25) is 0 Å². The predicted octanol–water partition coefficient (Wildman–Crippen LogP) is 5.08. The first-order valence-electron chi connectivity index (χ1n) is 7.05. The van der Waals surface area contributed by atoms with Crippen molar-refractivity contribution in [1.29, 1.82) is 0 Å². The van der Waals surface area contributed by atoms with Crippen LogP contribution in [0.25, 0.3) is 0 Å². The van der Waals surface area contributed by atoms with Crippen molar-refractivity contribution in [2.45, 2.75) is 26.9 Å². The fourth-order valence-electron chi connectivity index (χ4n) is 1.90. The molecule has 0 aliphatic carbocycles. The van der Waals surface area contributed by atoms with E-state index in [0.717, 1.165) is 11.3 Å². The number of halogens is 1. The molecule has 0 heterocycles. The summed E-state index contributed by atoms with van der Waals surface area (Å²) in [6.07, 6.45) is 0.121. The van der Waals surface area contributed by atoms with Gasteiger partial charge in [0, 0.05) is 16.4 Å². The number of benzene rings is 2. The highest BCUT2D eigenvalue weighted by Gasteiger charge is 2.05. The number of nitrogens with one attached hydrogen (secondary N) is 2. The normalized spacial score (nSPS) is 10.4. The average molecular weight is 319 g/mol. The second kappa shape index (κ2) is 7.18. The molecule has 0 spiro atoms. The Bertz CT molecular complexity index is 654. The molecule has 22 heavy (non-hydrogen) atoms. The molecule has 2 N–H and O–H groups in total. The lowest BCUT2D eigenvalue weighted by atomic mass is 10.2. The Kier molecular flexibility index (Phi) is 5.28. The summed E-state index contributed by atoms with van der Waals surface area (Å²) in [6, 6.07) is 12.3. The van der Waals surface area contributed by atoms with Crippen molar-refractivity contribution in [2.24, 2.45) is 0 Å². The molecule has 0 saturated heterocycles. The number of urea groups is 1. The minimum atomic E-state index is -0.306. The lowest BCUT2D eigenvalue weighted by Crippen LogP contribution is -2.19. The number of amides is 2. The molecule has 0 bridgehead atoms. The number of carbonyl (C=O) groups excluding carboxylic acids is 1. The Hall–Kier alpha value is -2.20. The molecule has 0 aromatic heterocycles. The lowest BCUT2D eigenvalue weighted by molar-refractivity contribution is 0.242. The van der Waals surface area contributed by atoms with E-state index in [4.69, 9.17) is 16.3 Å². The number of hydrogen-bond donors (Lipinski definition) is 2. The Morgan fingerprint density at radius 3 is 2.23 bits per heavy atom. The van der Waals surface area contributed by atoms with E-state index < -0.39 is 0 Å². The van der Waals surface area contributed by atoms with Gasteiger partial charge in [-0.2, -0.15) is 0 Å². The maximum Gasteiger partial charge on any atom is 0.323 e. The highest BCUT2D eigenvalue weighted by molar-refractivity contribution is 6.31. The maximum absolute atomic E-state index is 12.0. The van der Waals surface area contributed by atoms with E-state index in [0.29, 0.717) is 16.4 Å². The van der Waals surface area contributed by atoms with E-state index >= 15 is 0 Å². The van der Waals surface area contributed by atoms with Gasteiger partial charge in [-0.3, -0.25) is 0 Å². The van der Waals surface area contributed by atoms with E-state index in [1.165, 1.54) is 0 Å². The van der Waals surface area contributed by atoms with Gasteiger partial charge in [-0.1, -0.05) is 11.6 Å². The van der Waals surface area contributed by atoms with Crippen molar-refractivity contribution in [1.82, 2.24) is 0 Å². The molecule has 2 rings (SSSR count). The van der Waals surface area contributed by atoms with Crippen molar-refractivity contribution in [3.8, 4) is 5.75 Å². The minimum absolute atomic E-state index is 0.121. The van der Waals surface area contributed by atoms with Crippen LogP contribution in [0.2, 0.25) is 5.02 Å². The van der Waals surface area contributed by atoms with E-state index in [-0.39, 0.29) is 12.1 Å². The van der Waals surface area contributed by atoms with Gasteiger partial charge < -0.3 is 15.4 Å². The first-order chi connectivity index (χ1) is 10.4. The zero-order valence-corrected chi connectivity index (χ0v) is 13.6.